The molecule has 1 heterocycles. The van der Waals surface area contributed by atoms with E-state index in [4.69, 9.17) is 4.74 Å². The Morgan fingerprint density at radius 2 is 2.06 bits per heavy atom. The van der Waals surface area contributed by atoms with Gasteiger partial charge in [0.1, 0.15) is 5.41 Å². The number of urea groups is 1. The lowest BCUT2D eigenvalue weighted by atomic mass is 10.0. The van der Waals surface area contributed by atoms with E-state index in [9.17, 15) is 14.4 Å². The molecule has 4 amide bonds. The Balaban J connectivity index is 1.94. The van der Waals surface area contributed by atoms with Crippen LogP contribution in [0.1, 0.15) is 26.2 Å². The molecule has 2 fully saturated rings. The van der Waals surface area contributed by atoms with Crippen molar-refractivity contribution in [1.82, 2.24) is 10.2 Å². The molecule has 1 aliphatic carbocycles. The van der Waals surface area contributed by atoms with Gasteiger partial charge in [0, 0.05) is 19.8 Å². The number of nitrogens with zero attached hydrogens (tertiary/aromatic N) is 1. The molecule has 0 bridgehead atoms. The average molecular weight is 240 g/mol. The van der Waals surface area contributed by atoms with Gasteiger partial charge in [0.05, 0.1) is 0 Å². The first-order chi connectivity index (χ1) is 8.12. The van der Waals surface area contributed by atoms with Crippen LogP contribution in [0, 0.1) is 5.41 Å². The zero-order valence-corrected chi connectivity index (χ0v) is 9.82. The third-order valence-corrected chi connectivity index (χ3v) is 3.18. The fourth-order valence-electron chi connectivity index (χ4n) is 1.97. The largest absolute Gasteiger partial charge is 0.382 e. The van der Waals surface area contributed by atoms with E-state index in [2.05, 4.69) is 5.32 Å². The molecule has 0 radical (unpaired) electrons. The molecule has 1 saturated carbocycles. The molecule has 1 saturated heterocycles. The van der Waals surface area contributed by atoms with E-state index in [-0.39, 0.29) is 5.91 Å². The molecule has 17 heavy (non-hydrogen) atoms. The Labute approximate surface area is 99.3 Å². The fourth-order valence-corrected chi connectivity index (χ4v) is 1.97. The number of rotatable bonds is 5. The van der Waals surface area contributed by atoms with Crippen LogP contribution in [0.5, 0.6) is 0 Å². The molecule has 2 aliphatic rings. The molecule has 1 N–H and O–H groups in total. The molecule has 0 unspecified atom stereocenters. The second-order valence-corrected chi connectivity index (χ2v) is 4.35. The molecule has 6 heteroatoms. The maximum Gasteiger partial charge on any atom is 0.330 e. The lowest BCUT2D eigenvalue weighted by molar-refractivity contribution is -0.144. The van der Waals surface area contributed by atoms with Crippen LogP contribution in [-0.4, -0.2) is 42.5 Å². The molecular formula is C11H16N2O4. The Hall–Kier alpha value is -1.43. The van der Waals surface area contributed by atoms with Crippen LogP contribution in [-0.2, 0) is 14.3 Å². The highest BCUT2D eigenvalue weighted by atomic mass is 16.5. The summed E-state index contributed by atoms with van der Waals surface area (Å²) in [5, 5.41) is 2.24. The summed E-state index contributed by atoms with van der Waals surface area (Å²) in [5.74, 6) is -0.781. The zero-order chi connectivity index (χ0) is 12.5. The van der Waals surface area contributed by atoms with Crippen molar-refractivity contribution in [2.24, 2.45) is 5.41 Å². The molecule has 0 aromatic carbocycles. The van der Waals surface area contributed by atoms with E-state index >= 15 is 0 Å². The zero-order valence-electron chi connectivity index (χ0n) is 9.82. The summed E-state index contributed by atoms with van der Waals surface area (Å²) in [6.07, 6.45) is 1.69. The second kappa shape index (κ2) is 4.44. The summed E-state index contributed by atoms with van der Waals surface area (Å²) in [6.45, 7) is 3.31. The van der Waals surface area contributed by atoms with Crippen LogP contribution < -0.4 is 5.32 Å². The maximum absolute atomic E-state index is 12.0. The van der Waals surface area contributed by atoms with Crippen molar-refractivity contribution in [3.8, 4) is 0 Å². The Morgan fingerprint density at radius 3 is 2.65 bits per heavy atom. The summed E-state index contributed by atoms with van der Waals surface area (Å²) >= 11 is 0. The number of nitrogens with one attached hydrogen (secondary N) is 1. The van der Waals surface area contributed by atoms with Gasteiger partial charge >= 0.3 is 6.03 Å². The van der Waals surface area contributed by atoms with Gasteiger partial charge in [-0.25, -0.2) is 4.79 Å². The number of hydrogen-bond acceptors (Lipinski definition) is 4. The number of amides is 4. The summed E-state index contributed by atoms with van der Waals surface area (Å²) < 4.78 is 5.15. The fraction of sp³-hybridized carbons (Fsp3) is 0.727. The van der Waals surface area contributed by atoms with E-state index in [1.54, 1.807) is 0 Å². The van der Waals surface area contributed by atoms with Gasteiger partial charge in [-0.15, -0.1) is 0 Å². The van der Waals surface area contributed by atoms with Crippen LogP contribution in [0.3, 0.4) is 0 Å². The number of ether oxygens (including phenoxy) is 1. The lowest BCUT2D eigenvalue weighted by Gasteiger charge is -2.30. The van der Waals surface area contributed by atoms with Crippen molar-refractivity contribution in [2.45, 2.75) is 26.2 Å². The minimum absolute atomic E-state index is 0.305. The van der Waals surface area contributed by atoms with Crippen LogP contribution in [0.2, 0.25) is 0 Å². The van der Waals surface area contributed by atoms with Crippen molar-refractivity contribution in [3.05, 3.63) is 0 Å². The van der Waals surface area contributed by atoms with Crippen LogP contribution >= 0.6 is 0 Å². The standard InChI is InChI=1S/C11H16N2O4/c1-2-17-7-3-6-13-9(15)11(4-5-11)8(14)12-10(13)16/h2-7H2,1H3,(H,12,14,16). The van der Waals surface area contributed by atoms with Crippen molar-refractivity contribution < 1.29 is 19.1 Å². The average Bonchev–Trinajstić information content (AvgIpc) is 3.07. The number of carbonyl (C=O) groups is 3. The molecule has 1 spiro atoms. The first-order valence-corrected chi connectivity index (χ1v) is 5.87. The lowest BCUT2D eigenvalue weighted by Crippen LogP contribution is -2.59. The molecule has 0 aromatic rings. The predicted molar refractivity (Wildman–Crippen MR) is 58.0 cm³/mol. The van der Waals surface area contributed by atoms with Crippen LogP contribution in [0.25, 0.3) is 0 Å². The summed E-state index contributed by atoms with van der Waals surface area (Å²) in [6, 6.07) is -0.603. The van der Waals surface area contributed by atoms with E-state index in [0.717, 1.165) is 4.90 Å². The number of barbiturate groups is 1. The van der Waals surface area contributed by atoms with Gasteiger partial charge in [0.2, 0.25) is 11.8 Å². The Morgan fingerprint density at radius 1 is 1.35 bits per heavy atom. The molecule has 0 aromatic heterocycles. The quantitative estimate of drug-likeness (QED) is 0.553. The maximum atomic E-state index is 12.0. The van der Waals surface area contributed by atoms with Gasteiger partial charge in [0.15, 0.2) is 0 Å². The number of carbonyl (C=O) groups excluding carboxylic acids is 3. The van der Waals surface area contributed by atoms with Crippen LogP contribution in [0.15, 0.2) is 0 Å². The van der Waals surface area contributed by atoms with Crippen molar-refractivity contribution >= 4 is 17.8 Å². The van der Waals surface area contributed by atoms with E-state index in [1.165, 1.54) is 0 Å². The van der Waals surface area contributed by atoms with Gasteiger partial charge in [-0.2, -0.15) is 0 Å². The topological polar surface area (TPSA) is 75.7 Å². The third kappa shape index (κ3) is 2.04. The smallest absolute Gasteiger partial charge is 0.330 e. The van der Waals surface area contributed by atoms with E-state index in [1.807, 2.05) is 6.92 Å². The van der Waals surface area contributed by atoms with Crippen LogP contribution in [0.4, 0.5) is 4.79 Å². The van der Waals surface area contributed by atoms with Crippen molar-refractivity contribution in [1.29, 1.82) is 0 Å². The first-order valence-electron chi connectivity index (χ1n) is 5.87. The highest BCUT2D eigenvalue weighted by Crippen LogP contribution is 2.48. The van der Waals surface area contributed by atoms with Gasteiger partial charge < -0.3 is 4.74 Å². The molecule has 0 atom stereocenters. The Kier molecular flexibility index (Phi) is 3.15. The highest BCUT2D eigenvalue weighted by molar-refractivity contribution is 6.20. The van der Waals surface area contributed by atoms with Gasteiger partial charge in [0.25, 0.3) is 0 Å². The van der Waals surface area contributed by atoms with E-state index < -0.39 is 17.4 Å². The predicted octanol–water partition coefficient (Wildman–Crippen LogP) is 0.272. The first kappa shape index (κ1) is 12.0. The molecule has 94 valence electrons. The highest BCUT2D eigenvalue weighted by Gasteiger charge is 2.61. The minimum atomic E-state index is -0.931. The van der Waals surface area contributed by atoms with Crippen molar-refractivity contribution in [3.63, 3.8) is 0 Å². The van der Waals surface area contributed by atoms with Gasteiger partial charge in [-0.3, -0.25) is 19.8 Å². The minimum Gasteiger partial charge on any atom is -0.382 e. The number of hydrogen-bond donors (Lipinski definition) is 1. The molecule has 6 nitrogen and oxygen atoms in total. The van der Waals surface area contributed by atoms with Crippen molar-refractivity contribution in [2.75, 3.05) is 19.8 Å². The summed E-state index contributed by atoms with van der Waals surface area (Å²) in [7, 11) is 0. The summed E-state index contributed by atoms with van der Waals surface area (Å²) in [4.78, 5) is 36.2. The molecular weight excluding hydrogens is 224 g/mol. The molecule has 1 aliphatic heterocycles. The Bertz CT molecular complexity index is 362. The van der Waals surface area contributed by atoms with Gasteiger partial charge in [-0.1, -0.05) is 0 Å². The third-order valence-electron chi connectivity index (χ3n) is 3.18. The SMILES string of the molecule is CCOCCCN1C(=O)NC(=O)C2(CC2)C1=O. The normalized spacial score (nSPS) is 21.9. The monoisotopic (exact) mass is 240 g/mol. The van der Waals surface area contributed by atoms with E-state index in [0.29, 0.717) is 39.0 Å². The second-order valence-electron chi connectivity index (χ2n) is 4.35. The molecule has 2 rings (SSSR count). The van der Waals surface area contributed by atoms with Gasteiger partial charge in [-0.05, 0) is 26.2 Å². The number of imide groups is 2. The summed E-state index contributed by atoms with van der Waals surface area (Å²) in [5.41, 5.74) is -0.931.